The second-order valence-electron chi connectivity index (χ2n) is 4.75. The van der Waals surface area contributed by atoms with E-state index in [1.807, 2.05) is 12.1 Å². The molecule has 0 saturated carbocycles. The number of nitrogens with zero attached hydrogens (tertiary/aromatic N) is 1. The Labute approximate surface area is 105 Å². The molecule has 1 atom stereocenters. The van der Waals surface area contributed by atoms with Crippen molar-refractivity contribution in [2.75, 3.05) is 20.1 Å². The summed E-state index contributed by atoms with van der Waals surface area (Å²) in [6.45, 7) is 7.54. The van der Waals surface area contributed by atoms with Crippen molar-refractivity contribution < 1.29 is 4.42 Å². The lowest BCUT2D eigenvalue weighted by molar-refractivity contribution is 0.224. The molecule has 0 spiro atoms. The Morgan fingerprint density at radius 1 is 1.41 bits per heavy atom. The van der Waals surface area contributed by atoms with Crippen LogP contribution in [0.2, 0.25) is 0 Å². The van der Waals surface area contributed by atoms with Crippen LogP contribution in [0.1, 0.15) is 38.9 Å². The van der Waals surface area contributed by atoms with Crippen LogP contribution in [0.15, 0.2) is 22.8 Å². The van der Waals surface area contributed by atoms with Crippen LogP contribution in [0.25, 0.3) is 0 Å². The fourth-order valence-corrected chi connectivity index (χ4v) is 1.77. The zero-order chi connectivity index (χ0) is 12.5. The first-order valence-corrected chi connectivity index (χ1v) is 6.67. The molecule has 0 radical (unpaired) electrons. The van der Waals surface area contributed by atoms with E-state index in [0.29, 0.717) is 6.04 Å². The Balaban J connectivity index is 2.11. The maximum absolute atomic E-state index is 5.35. The summed E-state index contributed by atoms with van der Waals surface area (Å²) < 4.78 is 5.35. The molecule has 0 aliphatic heterocycles. The van der Waals surface area contributed by atoms with Crippen molar-refractivity contribution in [2.45, 2.75) is 45.7 Å². The van der Waals surface area contributed by atoms with Crippen molar-refractivity contribution >= 4 is 0 Å². The van der Waals surface area contributed by atoms with Gasteiger partial charge in [-0.05, 0) is 39.1 Å². The van der Waals surface area contributed by atoms with E-state index in [4.69, 9.17) is 4.42 Å². The van der Waals surface area contributed by atoms with E-state index < -0.39 is 0 Å². The first-order valence-electron chi connectivity index (χ1n) is 6.67. The first-order chi connectivity index (χ1) is 8.24. The Morgan fingerprint density at radius 2 is 2.24 bits per heavy atom. The molecule has 0 amide bonds. The lowest BCUT2D eigenvalue weighted by Gasteiger charge is -2.24. The van der Waals surface area contributed by atoms with Gasteiger partial charge in [0.15, 0.2) is 0 Å². The van der Waals surface area contributed by atoms with Gasteiger partial charge >= 0.3 is 0 Å². The summed E-state index contributed by atoms with van der Waals surface area (Å²) in [5.74, 6) is 1.03. The van der Waals surface area contributed by atoms with Crippen molar-refractivity contribution in [2.24, 2.45) is 0 Å². The summed E-state index contributed by atoms with van der Waals surface area (Å²) in [6.07, 6.45) is 5.63. The summed E-state index contributed by atoms with van der Waals surface area (Å²) in [7, 11) is 2.14. The quantitative estimate of drug-likeness (QED) is 0.671. The van der Waals surface area contributed by atoms with Crippen LogP contribution >= 0.6 is 0 Å². The highest BCUT2D eigenvalue weighted by Gasteiger charge is 2.10. The van der Waals surface area contributed by atoms with Crippen LogP contribution in [0.5, 0.6) is 0 Å². The largest absolute Gasteiger partial charge is 0.468 e. The SMILES string of the molecule is CCCCCNCC(C)N(C)Cc1ccco1. The highest BCUT2D eigenvalue weighted by Crippen LogP contribution is 2.06. The van der Waals surface area contributed by atoms with Gasteiger partial charge in [0.05, 0.1) is 12.8 Å². The molecule has 0 bridgehead atoms. The molecule has 1 aromatic heterocycles. The highest BCUT2D eigenvalue weighted by molar-refractivity contribution is 4.97. The number of rotatable bonds is 9. The zero-order valence-corrected chi connectivity index (χ0v) is 11.4. The maximum Gasteiger partial charge on any atom is 0.117 e. The third-order valence-electron chi connectivity index (χ3n) is 3.13. The molecule has 1 aromatic rings. The van der Waals surface area contributed by atoms with Gasteiger partial charge in [0, 0.05) is 12.6 Å². The lowest BCUT2D eigenvalue weighted by Crippen LogP contribution is -2.37. The highest BCUT2D eigenvalue weighted by atomic mass is 16.3. The van der Waals surface area contributed by atoms with Gasteiger partial charge in [0.2, 0.25) is 0 Å². The molecular formula is C14H26N2O. The van der Waals surface area contributed by atoms with Crippen molar-refractivity contribution in [3.63, 3.8) is 0 Å². The summed E-state index contributed by atoms with van der Waals surface area (Å²) in [5.41, 5.74) is 0. The zero-order valence-electron chi connectivity index (χ0n) is 11.4. The number of likely N-dealkylation sites (N-methyl/N-ethyl adjacent to an activating group) is 1. The molecule has 1 rings (SSSR count). The summed E-state index contributed by atoms with van der Waals surface area (Å²) in [4.78, 5) is 2.31. The second kappa shape index (κ2) is 8.31. The molecule has 0 aliphatic rings. The molecule has 17 heavy (non-hydrogen) atoms. The van der Waals surface area contributed by atoms with Crippen LogP contribution in [0.4, 0.5) is 0 Å². The topological polar surface area (TPSA) is 28.4 Å². The Hall–Kier alpha value is -0.800. The van der Waals surface area contributed by atoms with Crippen LogP contribution < -0.4 is 5.32 Å². The molecule has 0 aromatic carbocycles. The third-order valence-corrected chi connectivity index (χ3v) is 3.13. The van der Waals surface area contributed by atoms with Crippen molar-refractivity contribution in [3.8, 4) is 0 Å². The van der Waals surface area contributed by atoms with Crippen molar-refractivity contribution in [1.82, 2.24) is 10.2 Å². The second-order valence-corrected chi connectivity index (χ2v) is 4.75. The molecule has 3 heteroatoms. The molecule has 0 fully saturated rings. The van der Waals surface area contributed by atoms with Gasteiger partial charge in [-0.1, -0.05) is 19.8 Å². The van der Waals surface area contributed by atoms with E-state index in [1.165, 1.54) is 19.3 Å². The van der Waals surface area contributed by atoms with E-state index >= 15 is 0 Å². The molecule has 1 unspecified atom stereocenters. The average Bonchev–Trinajstić information content (AvgIpc) is 2.81. The van der Waals surface area contributed by atoms with Crippen molar-refractivity contribution in [3.05, 3.63) is 24.2 Å². The third kappa shape index (κ3) is 5.89. The van der Waals surface area contributed by atoms with Crippen molar-refractivity contribution in [1.29, 1.82) is 0 Å². The smallest absolute Gasteiger partial charge is 0.117 e. The summed E-state index contributed by atoms with van der Waals surface area (Å²) >= 11 is 0. The minimum absolute atomic E-state index is 0.529. The van der Waals surface area contributed by atoms with Crippen LogP contribution in [-0.4, -0.2) is 31.1 Å². The molecule has 0 aliphatic carbocycles. The normalized spacial score (nSPS) is 13.2. The van der Waals surface area contributed by atoms with Crippen LogP contribution in [0, 0.1) is 0 Å². The van der Waals surface area contributed by atoms with Gasteiger partial charge in [-0.25, -0.2) is 0 Å². The van der Waals surface area contributed by atoms with Gasteiger partial charge in [-0.2, -0.15) is 0 Å². The number of unbranched alkanes of at least 4 members (excludes halogenated alkanes) is 2. The predicted octanol–water partition coefficient (Wildman–Crippen LogP) is 2.88. The number of hydrogen-bond donors (Lipinski definition) is 1. The number of hydrogen-bond acceptors (Lipinski definition) is 3. The molecule has 0 saturated heterocycles. The van der Waals surface area contributed by atoms with Gasteiger partial charge in [0.25, 0.3) is 0 Å². The summed E-state index contributed by atoms with van der Waals surface area (Å²) in [5, 5.41) is 3.51. The van der Waals surface area contributed by atoms with Gasteiger partial charge in [-0.15, -0.1) is 0 Å². The Bertz CT molecular complexity index is 272. The van der Waals surface area contributed by atoms with Gasteiger partial charge in [0.1, 0.15) is 5.76 Å². The number of nitrogens with one attached hydrogen (secondary N) is 1. The Morgan fingerprint density at radius 3 is 2.88 bits per heavy atom. The van der Waals surface area contributed by atoms with E-state index in [0.717, 1.165) is 25.4 Å². The minimum atomic E-state index is 0.529. The standard InChI is InChI=1S/C14H26N2O/c1-4-5-6-9-15-11-13(2)16(3)12-14-8-7-10-17-14/h7-8,10,13,15H,4-6,9,11-12H2,1-3H3. The molecule has 3 nitrogen and oxygen atoms in total. The minimum Gasteiger partial charge on any atom is -0.468 e. The van der Waals surface area contributed by atoms with Crippen LogP contribution in [-0.2, 0) is 6.54 Å². The van der Waals surface area contributed by atoms with E-state index in [-0.39, 0.29) is 0 Å². The fraction of sp³-hybridized carbons (Fsp3) is 0.714. The monoisotopic (exact) mass is 238 g/mol. The van der Waals surface area contributed by atoms with E-state index in [2.05, 4.69) is 31.1 Å². The van der Waals surface area contributed by atoms with E-state index in [1.54, 1.807) is 6.26 Å². The van der Waals surface area contributed by atoms with E-state index in [9.17, 15) is 0 Å². The molecule has 1 N–H and O–H groups in total. The predicted molar refractivity (Wildman–Crippen MR) is 72.0 cm³/mol. The first kappa shape index (κ1) is 14.3. The van der Waals surface area contributed by atoms with Gasteiger partial charge < -0.3 is 9.73 Å². The Kier molecular flexibility index (Phi) is 6.97. The average molecular weight is 238 g/mol. The molecule has 1 heterocycles. The fourth-order valence-electron chi connectivity index (χ4n) is 1.77. The summed E-state index contributed by atoms with van der Waals surface area (Å²) in [6, 6.07) is 4.50. The molecular weight excluding hydrogens is 212 g/mol. The van der Waals surface area contributed by atoms with Crippen LogP contribution in [0.3, 0.4) is 0 Å². The number of furan rings is 1. The maximum atomic E-state index is 5.35. The molecule has 98 valence electrons. The van der Waals surface area contributed by atoms with Gasteiger partial charge in [-0.3, -0.25) is 4.90 Å². The lowest BCUT2D eigenvalue weighted by atomic mass is 10.2.